The van der Waals surface area contributed by atoms with Crippen LogP contribution in [0.1, 0.15) is 35.2 Å². The molecule has 3 rings (SSSR count). The van der Waals surface area contributed by atoms with Gasteiger partial charge in [-0.3, -0.25) is 4.79 Å². The van der Waals surface area contributed by atoms with Gasteiger partial charge < -0.3 is 10.2 Å². The molecule has 25 heavy (non-hydrogen) atoms. The van der Waals surface area contributed by atoms with Crippen molar-refractivity contribution in [2.75, 3.05) is 26.7 Å². The minimum absolute atomic E-state index is 0. The lowest BCUT2D eigenvalue weighted by Gasteiger charge is -2.32. The number of hydrogen-bond acceptors (Lipinski definition) is 4. The fourth-order valence-electron chi connectivity index (χ4n) is 3.32. The lowest BCUT2D eigenvalue weighted by molar-refractivity contribution is 0.0686. The molecule has 7 heteroatoms. The largest absolute Gasteiger partial charge is 0.339 e. The molecule has 1 aromatic heterocycles. The molecule has 6 nitrogen and oxygen atoms in total. The van der Waals surface area contributed by atoms with Crippen LogP contribution < -0.4 is 5.32 Å². The van der Waals surface area contributed by atoms with Gasteiger partial charge in [0.1, 0.15) is 12.7 Å². The zero-order valence-corrected chi connectivity index (χ0v) is 15.6. The summed E-state index contributed by atoms with van der Waals surface area (Å²) in [6, 6.07) is 5.82. The Morgan fingerprint density at radius 3 is 2.68 bits per heavy atom. The summed E-state index contributed by atoms with van der Waals surface area (Å²) in [7, 11) is 1.99. The topological polar surface area (TPSA) is 63.1 Å². The number of halogens is 1. The molecule has 2 aromatic rings. The van der Waals surface area contributed by atoms with E-state index >= 15 is 0 Å². The number of carbonyl (C=O) groups is 1. The molecule has 0 spiro atoms. The van der Waals surface area contributed by atoms with Crippen molar-refractivity contribution in [3.05, 3.63) is 42.0 Å². The molecule has 136 valence electrons. The summed E-state index contributed by atoms with van der Waals surface area (Å²) in [6.45, 7) is 4.75. The summed E-state index contributed by atoms with van der Waals surface area (Å²) in [5.74, 6) is 0.877. The molecule has 0 atom stereocenters. The first-order chi connectivity index (χ1) is 11.7. The standard InChI is InChI=1S/C18H25N5O.ClH/c1-14-11-16(23-13-20-12-21-23)3-4-17(14)18(24)22-9-6-15(7-10-22)5-8-19-2;/h3-4,11-13,15,19H,5-10H2,1-2H3;1H. The molecule has 2 heterocycles. The molecule has 1 N–H and O–H groups in total. The molecule has 0 aliphatic carbocycles. The number of hydrogen-bond donors (Lipinski definition) is 1. The maximum Gasteiger partial charge on any atom is 0.254 e. The normalized spacial score (nSPS) is 15.0. The van der Waals surface area contributed by atoms with Gasteiger partial charge in [-0.05, 0) is 69.5 Å². The van der Waals surface area contributed by atoms with E-state index in [9.17, 15) is 4.79 Å². The van der Waals surface area contributed by atoms with Crippen molar-refractivity contribution in [1.29, 1.82) is 0 Å². The monoisotopic (exact) mass is 363 g/mol. The van der Waals surface area contributed by atoms with E-state index in [0.717, 1.165) is 55.2 Å². The minimum Gasteiger partial charge on any atom is -0.339 e. The van der Waals surface area contributed by atoms with E-state index in [0.29, 0.717) is 0 Å². The highest BCUT2D eigenvalue weighted by Gasteiger charge is 2.24. The summed E-state index contributed by atoms with van der Waals surface area (Å²) in [5, 5.41) is 7.34. The molecule has 1 amide bonds. The molecular weight excluding hydrogens is 338 g/mol. The Morgan fingerprint density at radius 1 is 1.32 bits per heavy atom. The molecule has 1 aliphatic heterocycles. The van der Waals surface area contributed by atoms with Crippen molar-refractivity contribution in [3.63, 3.8) is 0 Å². The van der Waals surface area contributed by atoms with Gasteiger partial charge in [-0.15, -0.1) is 12.4 Å². The van der Waals surface area contributed by atoms with Crippen molar-refractivity contribution < 1.29 is 4.79 Å². The van der Waals surface area contributed by atoms with E-state index in [4.69, 9.17) is 0 Å². The third-order valence-electron chi connectivity index (χ3n) is 4.83. The number of aromatic nitrogens is 3. The van der Waals surface area contributed by atoms with E-state index in [1.165, 1.54) is 12.7 Å². The number of aryl methyl sites for hydroxylation is 1. The third-order valence-corrected chi connectivity index (χ3v) is 4.83. The number of nitrogens with zero attached hydrogens (tertiary/aromatic N) is 4. The van der Waals surface area contributed by atoms with Gasteiger partial charge in [-0.2, -0.15) is 5.10 Å². The molecular formula is C18H26ClN5O. The molecule has 1 aliphatic rings. The van der Waals surface area contributed by atoms with E-state index in [-0.39, 0.29) is 18.3 Å². The summed E-state index contributed by atoms with van der Waals surface area (Å²) < 4.78 is 1.70. The Balaban J connectivity index is 0.00000225. The Hall–Kier alpha value is -1.92. The van der Waals surface area contributed by atoms with E-state index in [1.807, 2.05) is 37.1 Å². The lowest BCUT2D eigenvalue weighted by atomic mass is 9.93. The van der Waals surface area contributed by atoms with Crippen LogP contribution in [0.3, 0.4) is 0 Å². The first-order valence-corrected chi connectivity index (χ1v) is 8.58. The average Bonchev–Trinajstić information content (AvgIpc) is 3.14. The first kappa shape index (κ1) is 19.4. The van der Waals surface area contributed by atoms with Crippen LogP contribution in [-0.2, 0) is 0 Å². The Kier molecular flexibility index (Phi) is 6.96. The fraction of sp³-hybridized carbons (Fsp3) is 0.500. The van der Waals surface area contributed by atoms with Crippen LogP contribution in [0.5, 0.6) is 0 Å². The number of amides is 1. The number of likely N-dealkylation sites (tertiary alicyclic amines) is 1. The van der Waals surface area contributed by atoms with E-state index < -0.39 is 0 Å². The quantitative estimate of drug-likeness (QED) is 0.886. The summed E-state index contributed by atoms with van der Waals surface area (Å²) in [4.78, 5) is 18.8. The van der Waals surface area contributed by atoms with Gasteiger partial charge in [0, 0.05) is 18.7 Å². The predicted octanol–water partition coefficient (Wildman–Crippen LogP) is 2.46. The maximum absolute atomic E-state index is 12.8. The summed E-state index contributed by atoms with van der Waals surface area (Å²) >= 11 is 0. The van der Waals surface area contributed by atoms with Crippen LogP contribution in [0.25, 0.3) is 5.69 Å². The molecule has 0 radical (unpaired) electrons. The SMILES string of the molecule is CNCCC1CCN(C(=O)c2ccc(-n3cncn3)cc2C)CC1.Cl. The Labute approximate surface area is 155 Å². The van der Waals surface area contributed by atoms with Gasteiger partial charge in [0.05, 0.1) is 5.69 Å². The zero-order valence-electron chi connectivity index (χ0n) is 14.8. The van der Waals surface area contributed by atoms with E-state index in [1.54, 1.807) is 11.0 Å². The van der Waals surface area contributed by atoms with Crippen molar-refractivity contribution in [2.24, 2.45) is 5.92 Å². The third kappa shape index (κ3) is 4.58. The molecule has 1 aromatic carbocycles. The van der Waals surface area contributed by atoms with Gasteiger partial charge in [-0.25, -0.2) is 9.67 Å². The van der Waals surface area contributed by atoms with Gasteiger partial charge in [-0.1, -0.05) is 0 Å². The van der Waals surface area contributed by atoms with Crippen molar-refractivity contribution in [3.8, 4) is 5.69 Å². The molecule has 0 saturated carbocycles. The molecule has 0 bridgehead atoms. The van der Waals surface area contributed by atoms with Crippen LogP contribution in [0, 0.1) is 12.8 Å². The average molecular weight is 364 g/mol. The second-order valence-corrected chi connectivity index (χ2v) is 6.47. The van der Waals surface area contributed by atoms with Gasteiger partial charge in [0.2, 0.25) is 0 Å². The number of carbonyl (C=O) groups excluding carboxylic acids is 1. The van der Waals surface area contributed by atoms with Crippen LogP contribution in [0.4, 0.5) is 0 Å². The predicted molar refractivity (Wildman–Crippen MR) is 101 cm³/mol. The smallest absolute Gasteiger partial charge is 0.254 e. The van der Waals surface area contributed by atoms with Gasteiger partial charge in [0.15, 0.2) is 0 Å². The van der Waals surface area contributed by atoms with E-state index in [2.05, 4.69) is 15.4 Å². The second-order valence-electron chi connectivity index (χ2n) is 6.47. The maximum atomic E-state index is 12.8. The Morgan fingerprint density at radius 2 is 2.08 bits per heavy atom. The number of nitrogens with one attached hydrogen (secondary N) is 1. The molecule has 0 unspecified atom stereocenters. The summed E-state index contributed by atoms with van der Waals surface area (Å²) in [6.07, 6.45) is 6.57. The van der Waals surface area contributed by atoms with Gasteiger partial charge in [0.25, 0.3) is 5.91 Å². The number of benzene rings is 1. The first-order valence-electron chi connectivity index (χ1n) is 8.58. The second kappa shape index (κ2) is 8.97. The van der Waals surface area contributed by atoms with Crippen LogP contribution >= 0.6 is 12.4 Å². The van der Waals surface area contributed by atoms with Crippen LogP contribution in [0.15, 0.2) is 30.9 Å². The van der Waals surface area contributed by atoms with Gasteiger partial charge >= 0.3 is 0 Å². The van der Waals surface area contributed by atoms with Crippen molar-refractivity contribution in [1.82, 2.24) is 25.0 Å². The number of piperidine rings is 1. The van der Waals surface area contributed by atoms with Crippen molar-refractivity contribution in [2.45, 2.75) is 26.2 Å². The minimum atomic E-state index is 0. The van der Waals surface area contributed by atoms with Crippen LogP contribution in [-0.4, -0.2) is 52.3 Å². The lowest BCUT2D eigenvalue weighted by Crippen LogP contribution is -2.39. The van der Waals surface area contributed by atoms with Crippen molar-refractivity contribution >= 4 is 18.3 Å². The number of rotatable bonds is 5. The highest BCUT2D eigenvalue weighted by Crippen LogP contribution is 2.23. The zero-order chi connectivity index (χ0) is 16.9. The highest BCUT2D eigenvalue weighted by atomic mass is 35.5. The Bertz CT molecular complexity index is 681. The fourth-order valence-corrected chi connectivity index (χ4v) is 3.32. The molecule has 1 saturated heterocycles. The molecule has 1 fully saturated rings. The highest BCUT2D eigenvalue weighted by molar-refractivity contribution is 5.96. The van der Waals surface area contributed by atoms with Crippen LogP contribution in [0.2, 0.25) is 0 Å². The summed E-state index contributed by atoms with van der Waals surface area (Å²) in [5.41, 5.74) is 2.69.